The van der Waals surface area contributed by atoms with Crippen molar-refractivity contribution in [3.8, 4) is 0 Å². The highest BCUT2D eigenvalue weighted by Gasteiger charge is 2.21. The number of aliphatic hydroxyl groups is 1. The lowest BCUT2D eigenvalue weighted by Crippen LogP contribution is -2.23. The Bertz CT molecular complexity index is 332. The quantitative estimate of drug-likeness (QED) is 0.848. The van der Waals surface area contributed by atoms with E-state index in [-0.39, 0.29) is 6.10 Å². The number of nitrogens with zero attached hydrogens (tertiary/aromatic N) is 2. The van der Waals surface area contributed by atoms with Gasteiger partial charge in [0.1, 0.15) is 6.61 Å². The predicted molar refractivity (Wildman–Crippen MR) is 61.3 cm³/mol. The van der Waals surface area contributed by atoms with Gasteiger partial charge in [0.15, 0.2) is 5.82 Å². The fraction of sp³-hybridized carbons (Fsp3) is 0.833. The molecular formula is C12H20N2O3. The number of hydrogen-bond acceptors (Lipinski definition) is 5. The molecule has 0 amide bonds. The predicted octanol–water partition coefficient (Wildman–Crippen LogP) is 1.70. The Kier molecular flexibility index (Phi) is 4.50. The van der Waals surface area contributed by atoms with Crippen LogP contribution < -0.4 is 0 Å². The van der Waals surface area contributed by atoms with Gasteiger partial charge in [-0.15, -0.1) is 0 Å². The van der Waals surface area contributed by atoms with E-state index in [1.165, 1.54) is 0 Å². The van der Waals surface area contributed by atoms with Gasteiger partial charge in [-0.1, -0.05) is 12.1 Å². The van der Waals surface area contributed by atoms with Crippen LogP contribution in [0.25, 0.3) is 0 Å². The summed E-state index contributed by atoms with van der Waals surface area (Å²) in [6, 6.07) is 0. The second-order valence-corrected chi connectivity index (χ2v) is 4.59. The fourth-order valence-corrected chi connectivity index (χ4v) is 2.17. The summed E-state index contributed by atoms with van der Waals surface area (Å²) >= 11 is 0. The van der Waals surface area contributed by atoms with Gasteiger partial charge >= 0.3 is 0 Å². The number of aryl methyl sites for hydroxylation is 1. The van der Waals surface area contributed by atoms with Gasteiger partial charge in [0.2, 0.25) is 5.89 Å². The van der Waals surface area contributed by atoms with Crippen molar-refractivity contribution in [2.24, 2.45) is 5.92 Å². The van der Waals surface area contributed by atoms with Gasteiger partial charge in [-0.2, -0.15) is 4.98 Å². The van der Waals surface area contributed by atoms with E-state index in [1.54, 1.807) is 0 Å². The molecule has 0 aliphatic heterocycles. The van der Waals surface area contributed by atoms with Gasteiger partial charge in [0, 0.05) is 13.0 Å². The number of aliphatic hydroxyl groups excluding tert-OH is 1. The number of aromatic nitrogens is 2. The Morgan fingerprint density at radius 3 is 2.71 bits per heavy atom. The van der Waals surface area contributed by atoms with E-state index in [4.69, 9.17) is 14.4 Å². The molecule has 0 aromatic carbocycles. The molecule has 1 aliphatic rings. The van der Waals surface area contributed by atoms with E-state index in [2.05, 4.69) is 10.1 Å². The smallest absolute Gasteiger partial charge is 0.226 e. The van der Waals surface area contributed by atoms with Crippen molar-refractivity contribution in [1.29, 1.82) is 0 Å². The molecule has 1 saturated carbocycles. The molecule has 0 unspecified atom stereocenters. The average molecular weight is 240 g/mol. The Hall–Kier alpha value is -0.940. The van der Waals surface area contributed by atoms with Gasteiger partial charge in [-0.05, 0) is 31.6 Å². The molecule has 1 fully saturated rings. The summed E-state index contributed by atoms with van der Waals surface area (Å²) in [7, 11) is 0. The first-order chi connectivity index (χ1) is 8.31. The van der Waals surface area contributed by atoms with Gasteiger partial charge in [-0.3, -0.25) is 0 Å². The Labute approximate surface area is 101 Å². The van der Waals surface area contributed by atoms with Crippen LogP contribution in [0.15, 0.2) is 4.52 Å². The number of hydrogen-bond donors (Lipinski definition) is 1. The maximum Gasteiger partial charge on any atom is 0.226 e. The first-order valence-electron chi connectivity index (χ1n) is 6.35. The second-order valence-electron chi connectivity index (χ2n) is 4.59. The van der Waals surface area contributed by atoms with Crippen LogP contribution in [0.5, 0.6) is 0 Å². The van der Waals surface area contributed by atoms with Crippen LogP contribution in [-0.2, 0) is 17.8 Å². The Balaban J connectivity index is 1.72. The average Bonchev–Trinajstić information content (AvgIpc) is 2.85. The maximum absolute atomic E-state index is 9.04. The van der Waals surface area contributed by atoms with Crippen molar-refractivity contribution in [2.75, 3.05) is 6.61 Å². The van der Waals surface area contributed by atoms with Crippen molar-refractivity contribution in [2.45, 2.75) is 51.7 Å². The van der Waals surface area contributed by atoms with Crippen molar-refractivity contribution in [1.82, 2.24) is 10.1 Å². The minimum Gasteiger partial charge on any atom is -0.396 e. The molecule has 0 atom stereocenters. The lowest BCUT2D eigenvalue weighted by Gasteiger charge is -2.26. The summed E-state index contributed by atoms with van der Waals surface area (Å²) < 4.78 is 10.8. The zero-order chi connectivity index (χ0) is 12.1. The van der Waals surface area contributed by atoms with Crippen molar-refractivity contribution >= 4 is 0 Å². The van der Waals surface area contributed by atoms with Crippen LogP contribution in [-0.4, -0.2) is 28.0 Å². The molecule has 0 spiro atoms. The molecule has 96 valence electrons. The van der Waals surface area contributed by atoms with Crippen LogP contribution in [0.4, 0.5) is 0 Å². The standard InChI is InChI=1S/C12H20N2O3/c1-2-12-13-11(14-17-12)8-16-10-5-3-9(7-15)4-6-10/h9-10,15H,2-8H2,1H3. The highest BCUT2D eigenvalue weighted by Crippen LogP contribution is 2.26. The second kappa shape index (κ2) is 6.12. The summed E-state index contributed by atoms with van der Waals surface area (Å²) in [5.74, 6) is 1.76. The van der Waals surface area contributed by atoms with Crippen LogP contribution in [0.3, 0.4) is 0 Å². The molecule has 1 N–H and O–H groups in total. The molecule has 5 nitrogen and oxygen atoms in total. The topological polar surface area (TPSA) is 68.4 Å². The first kappa shape index (κ1) is 12.5. The van der Waals surface area contributed by atoms with E-state index in [0.29, 0.717) is 30.8 Å². The summed E-state index contributed by atoms with van der Waals surface area (Å²) in [5, 5.41) is 12.9. The van der Waals surface area contributed by atoms with E-state index in [9.17, 15) is 0 Å². The molecule has 1 heterocycles. The zero-order valence-corrected chi connectivity index (χ0v) is 10.3. The summed E-state index contributed by atoms with van der Waals surface area (Å²) in [6.45, 7) is 2.71. The van der Waals surface area contributed by atoms with Gasteiger partial charge in [0.05, 0.1) is 6.10 Å². The van der Waals surface area contributed by atoms with E-state index in [1.807, 2.05) is 6.92 Å². The molecule has 1 aromatic heterocycles. The normalized spacial score (nSPS) is 25.1. The van der Waals surface area contributed by atoms with Gasteiger partial charge < -0.3 is 14.4 Å². The van der Waals surface area contributed by atoms with Gasteiger partial charge in [0.25, 0.3) is 0 Å². The molecule has 5 heteroatoms. The molecule has 0 saturated heterocycles. The highest BCUT2D eigenvalue weighted by molar-refractivity contribution is 4.84. The van der Waals surface area contributed by atoms with Crippen LogP contribution in [0.1, 0.15) is 44.3 Å². The van der Waals surface area contributed by atoms with Crippen molar-refractivity contribution in [3.63, 3.8) is 0 Å². The Morgan fingerprint density at radius 2 is 2.12 bits per heavy atom. The van der Waals surface area contributed by atoms with Crippen LogP contribution in [0.2, 0.25) is 0 Å². The first-order valence-corrected chi connectivity index (χ1v) is 6.35. The molecule has 0 radical (unpaired) electrons. The molecular weight excluding hydrogens is 220 g/mol. The summed E-state index contributed by atoms with van der Waals surface area (Å²) in [4.78, 5) is 4.20. The SMILES string of the molecule is CCc1nc(COC2CCC(CO)CC2)no1. The third kappa shape index (κ3) is 3.51. The third-order valence-electron chi connectivity index (χ3n) is 3.31. The lowest BCUT2D eigenvalue weighted by atomic mass is 9.88. The van der Waals surface area contributed by atoms with Crippen LogP contribution >= 0.6 is 0 Å². The Morgan fingerprint density at radius 1 is 1.35 bits per heavy atom. The largest absolute Gasteiger partial charge is 0.396 e. The van der Waals surface area contributed by atoms with E-state index < -0.39 is 0 Å². The lowest BCUT2D eigenvalue weighted by molar-refractivity contribution is -0.00224. The van der Waals surface area contributed by atoms with Crippen molar-refractivity contribution < 1.29 is 14.4 Å². The van der Waals surface area contributed by atoms with E-state index >= 15 is 0 Å². The van der Waals surface area contributed by atoms with Gasteiger partial charge in [-0.25, -0.2) is 0 Å². The summed E-state index contributed by atoms with van der Waals surface area (Å²) in [5.41, 5.74) is 0. The molecule has 1 aliphatic carbocycles. The summed E-state index contributed by atoms with van der Waals surface area (Å²) in [6.07, 6.45) is 5.17. The molecule has 0 bridgehead atoms. The zero-order valence-electron chi connectivity index (χ0n) is 10.3. The fourth-order valence-electron chi connectivity index (χ4n) is 2.17. The van der Waals surface area contributed by atoms with Crippen LogP contribution in [0, 0.1) is 5.92 Å². The monoisotopic (exact) mass is 240 g/mol. The minimum absolute atomic E-state index is 0.279. The minimum atomic E-state index is 0.279. The third-order valence-corrected chi connectivity index (χ3v) is 3.31. The number of ether oxygens (including phenoxy) is 1. The molecule has 1 aromatic rings. The highest BCUT2D eigenvalue weighted by atomic mass is 16.5. The molecule has 17 heavy (non-hydrogen) atoms. The maximum atomic E-state index is 9.04. The number of rotatable bonds is 5. The molecule has 2 rings (SSSR count). The van der Waals surface area contributed by atoms with Crippen molar-refractivity contribution in [3.05, 3.63) is 11.7 Å². The van der Waals surface area contributed by atoms with E-state index in [0.717, 1.165) is 32.1 Å².